The van der Waals surface area contributed by atoms with Crippen LogP contribution < -0.4 is 17.3 Å². The first-order valence-corrected chi connectivity index (χ1v) is 11.1. The molecule has 0 spiro atoms. The van der Waals surface area contributed by atoms with E-state index in [1.54, 1.807) is 4.90 Å². The lowest BCUT2D eigenvalue weighted by Crippen LogP contribution is -3.05. The van der Waals surface area contributed by atoms with Crippen molar-refractivity contribution in [1.29, 1.82) is 0 Å². The Morgan fingerprint density at radius 3 is 1.46 bits per heavy atom. The molecule has 1 aliphatic carbocycles. The van der Waals surface area contributed by atoms with Gasteiger partial charge in [-0.15, -0.1) is 0 Å². The number of quaternary nitrogens is 1. The third kappa shape index (κ3) is 15.8. The molecule has 1 saturated carbocycles. The van der Waals surface area contributed by atoms with Crippen LogP contribution in [0.2, 0.25) is 0 Å². The number of halogens is 1. The van der Waals surface area contributed by atoms with Crippen molar-refractivity contribution < 1.29 is 17.3 Å². The van der Waals surface area contributed by atoms with Crippen LogP contribution in [0.4, 0.5) is 0 Å². The van der Waals surface area contributed by atoms with Crippen LogP contribution in [0.5, 0.6) is 0 Å². The highest BCUT2D eigenvalue weighted by Crippen LogP contribution is 2.28. The molecular weight excluding hydrogens is 314 g/mol. The molecule has 0 atom stereocenters. The molecule has 0 radical (unpaired) electrons. The first-order valence-electron chi connectivity index (χ1n) is 11.1. The Morgan fingerprint density at radius 2 is 1.00 bits per heavy atom. The van der Waals surface area contributed by atoms with Crippen LogP contribution in [0.3, 0.4) is 0 Å². The Morgan fingerprint density at radius 1 is 0.583 bits per heavy atom. The topological polar surface area (TPSA) is 4.44 Å². The minimum atomic E-state index is 0. The average Bonchev–Trinajstić information content (AvgIpc) is 2.56. The van der Waals surface area contributed by atoms with Crippen molar-refractivity contribution >= 4 is 0 Å². The lowest BCUT2D eigenvalue weighted by atomic mass is 9.85. The summed E-state index contributed by atoms with van der Waals surface area (Å²) in [6.45, 7) is 1.35. The molecule has 0 saturated heterocycles. The predicted octanol–water partition coefficient (Wildman–Crippen LogP) is 2.79. The summed E-state index contributed by atoms with van der Waals surface area (Å²) in [5.41, 5.74) is 0. The van der Waals surface area contributed by atoms with Crippen LogP contribution in [0.15, 0.2) is 0 Å². The Balaban J connectivity index is 0.00000529. The van der Waals surface area contributed by atoms with E-state index in [4.69, 9.17) is 0 Å². The van der Waals surface area contributed by atoms with Crippen molar-refractivity contribution in [1.82, 2.24) is 0 Å². The number of hydrogen-bond acceptors (Lipinski definition) is 0. The van der Waals surface area contributed by atoms with Gasteiger partial charge >= 0.3 is 0 Å². The molecule has 1 N–H and O–H groups in total. The van der Waals surface area contributed by atoms with Crippen LogP contribution >= 0.6 is 0 Å². The van der Waals surface area contributed by atoms with Crippen LogP contribution in [-0.2, 0) is 0 Å². The van der Waals surface area contributed by atoms with Crippen molar-refractivity contribution in [3.05, 3.63) is 0 Å². The molecule has 0 unspecified atom stereocenters. The van der Waals surface area contributed by atoms with Gasteiger partial charge in [-0.3, -0.25) is 0 Å². The van der Waals surface area contributed by atoms with E-state index in [2.05, 4.69) is 14.1 Å². The zero-order chi connectivity index (χ0) is 16.6. The molecule has 1 rings (SSSR count). The highest BCUT2D eigenvalue weighted by Gasteiger charge is 2.12. The van der Waals surface area contributed by atoms with Crippen molar-refractivity contribution in [3.63, 3.8) is 0 Å². The Labute approximate surface area is 159 Å². The number of unbranched alkanes of at least 4 members (excludes halogenated alkanes) is 11. The van der Waals surface area contributed by atoms with Gasteiger partial charge in [0.05, 0.1) is 20.6 Å². The van der Waals surface area contributed by atoms with Gasteiger partial charge in [0, 0.05) is 0 Å². The van der Waals surface area contributed by atoms with E-state index in [-0.39, 0.29) is 12.4 Å². The Kier molecular flexibility index (Phi) is 18.2. The summed E-state index contributed by atoms with van der Waals surface area (Å²) in [5, 5.41) is 0. The largest absolute Gasteiger partial charge is 1.00 e. The number of nitrogens with one attached hydrogen (secondary N) is 1. The number of hydrogen-bond donors (Lipinski definition) is 1. The SMILES string of the molecule is C[NH+](C)CCCCCCCCCCCCCCC1CCCCC1.[Cl-]. The molecule has 24 heavy (non-hydrogen) atoms. The first-order chi connectivity index (χ1) is 11.3. The van der Waals surface area contributed by atoms with Crippen molar-refractivity contribution in [2.45, 2.75) is 116 Å². The van der Waals surface area contributed by atoms with Gasteiger partial charge in [-0.2, -0.15) is 0 Å². The van der Waals surface area contributed by atoms with Gasteiger partial charge in [-0.25, -0.2) is 0 Å². The Bertz CT molecular complexity index is 236. The molecule has 1 fully saturated rings. The Hall–Kier alpha value is 0.250. The maximum absolute atomic E-state index is 2.26. The van der Waals surface area contributed by atoms with Gasteiger partial charge in [-0.05, 0) is 18.8 Å². The maximum Gasteiger partial charge on any atom is 0.0766 e. The van der Waals surface area contributed by atoms with E-state index < -0.39 is 0 Å². The molecule has 0 aromatic heterocycles. The zero-order valence-electron chi connectivity index (χ0n) is 16.9. The molecule has 0 aliphatic heterocycles. The standard InChI is InChI=1S/C22H45N.ClH/c1-23(2)21-17-12-10-8-6-4-3-5-7-9-11-14-18-22-19-15-13-16-20-22;/h22H,3-21H2,1-2H3;1H. The third-order valence-electron chi connectivity index (χ3n) is 5.76. The summed E-state index contributed by atoms with van der Waals surface area (Å²) in [5.74, 6) is 1.10. The molecule has 146 valence electrons. The number of rotatable bonds is 15. The van der Waals surface area contributed by atoms with E-state index in [9.17, 15) is 0 Å². The van der Waals surface area contributed by atoms with Gasteiger partial charge < -0.3 is 17.3 Å². The fourth-order valence-corrected chi connectivity index (χ4v) is 4.16. The monoisotopic (exact) mass is 359 g/mol. The second kappa shape index (κ2) is 18.1. The highest BCUT2D eigenvalue weighted by atomic mass is 35.5. The van der Waals surface area contributed by atoms with Crippen LogP contribution in [0.1, 0.15) is 116 Å². The minimum absolute atomic E-state index is 0. The van der Waals surface area contributed by atoms with E-state index in [1.165, 1.54) is 122 Å². The fraction of sp³-hybridized carbons (Fsp3) is 1.00. The lowest BCUT2D eigenvalue weighted by molar-refractivity contribution is -0.858. The summed E-state index contributed by atoms with van der Waals surface area (Å²) >= 11 is 0. The molecule has 2 heteroatoms. The van der Waals surface area contributed by atoms with Crippen LogP contribution in [-0.4, -0.2) is 20.6 Å². The summed E-state index contributed by atoms with van der Waals surface area (Å²) in [6, 6.07) is 0. The van der Waals surface area contributed by atoms with Gasteiger partial charge in [-0.1, -0.05) is 103 Å². The van der Waals surface area contributed by atoms with Gasteiger partial charge in [0.1, 0.15) is 0 Å². The van der Waals surface area contributed by atoms with Crippen LogP contribution in [0.25, 0.3) is 0 Å². The first kappa shape index (κ1) is 24.2. The second-order valence-electron chi connectivity index (χ2n) is 8.49. The fourth-order valence-electron chi connectivity index (χ4n) is 4.16. The van der Waals surface area contributed by atoms with Crippen molar-refractivity contribution in [2.75, 3.05) is 20.6 Å². The molecule has 1 nitrogen and oxygen atoms in total. The summed E-state index contributed by atoms with van der Waals surface area (Å²) in [6.07, 6.45) is 26.9. The smallest absolute Gasteiger partial charge is 0.0766 e. The molecular formula is C22H46ClN. The second-order valence-corrected chi connectivity index (χ2v) is 8.49. The van der Waals surface area contributed by atoms with Gasteiger partial charge in [0.25, 0.3) is 0 Å². The van der Waals surface area contributed by atoms with Crippen LogP contribution in [0, 0.1) is 5.92 Å². The van der Waals surface area contributed by atoms with E-state index in [0.29, 0.717) is 0 Å². The van der Waals surface area contributed by atoms with Gasteiger partial charge in [0.2, 0.25) is 0 Å². The molecule has 0 heterocycles. The normalized spacial score (nSPS) is 15.6. The van der Waals surface area contributed by atoms with E-state index in [1.807, 2.05) is 0 Å². The summed E-state index contributed by atoms with van der Waals surface area (Å²) in [4.78, 5) is 1.60. The molecule has 0 aromatic rings. The average molecular weight is 360 g/mol. The van der Waals surface area contributed by atoms with Crippen molar-refractivity contribution in [2.24, 2.45) is 5.92 Å². The summed E-state index contributed by atoms with van der Waals surface area (Å²) < 4.78 is 0. The summed E-state index contributed by atoms with van der Waals surface area (Å²) in [7, 11) is 4.52. The zero-order valence-corrected chi connectivity index (χ0v) is 17.6. The predicted molar refractivity (Wildman–Crippen MR) is 104 cm³/mol. The maximum atomic E-state index is 2.26. The molecule has 0 amide bonds. The molecule has 1 aliphatic rings. The quantitative estimate of drug-likeness (QED) is 0.429. The van der Waals surface area contributed by atoms with E-state index >= 15 is 0 Å². The van der Waals surface area contributed by atoms with Gasteiger partial charge in [0.15, 0.2) is 0 Å². The third-order valence-corrected chi connectivity index (χ3v) is 5.76. The van der Waals surface area contributed by atoms with Crippen molar-refractivity contribution in [3.8, 4) is 0 Å². The van der Waals surface area contributed by atoms with E-state index in [0.717, 1.165) is 5.92 Å². The minimum Gasteiger partial charge on any atom is -1.00 e. The lowest BCUT2D eigenvalue weighted by Gasteiger charge is -2.21. The molecule has 0 bridgehead atoms. The highest BCUT2D eigenvalue weighted by molar-refractivity contribution is 4.65. The molecule has 0 aromatic carbocycles.